The lowest BCUT2D eigenvalue weighted by Crippen LogP contribution is -2.15. The molecule has 1 unspecified atom stereocenters. The quantitative estimate of drug-likeness (QED) is 0.870. The van der Waals surface area contributed by atoms with Crippen molar-refractivity contribution in [3.63, 3.8) is 0 Å². The molecule has 0 spiro atoms. The van der Waals surface area contributed by atoms with Crippen LogP contribution >= 0.6 is 43.2 Å². The van der Waals surface area contributed by atoms with E-state index >= 15 is 0 Å². The Morgan fingerprint density at radius 3 is 2.76 bits per heavy atom. The molecule has 2 heterocycles. The lowest BCUT2D eigenvalue weighted by molar-refractivity contribution is 0.415. The second kappa shape index (κ2) is 5.60. The van der Waals surface area contributed by atoms with E-state index in [0.717, 1.165) is 19.6 Å². The Bertz CT molecular complexity index is 488. The van der Waals surface area contributed by atoms with Crippen molar-refractivity contribution in [3.05, 3.63) is 20.2 Å². The van der Waals surface area contributed by atoms with Gasteiger partial charge in [0, 0.05) is 4.47 Å². The lowest BCUT2D eigenvalue weighted by atomic mass is 10.2. The molecule has 4 nitrogen and oxygen atoms in total. The molecule has 2 aromatic heterocycles. The van der Waals surface area contributed by atoms with Crippen LogP contribution in [0.3, 0.4) is 0 Å². The third-order valence-electron chi connectivity index (χ3n) is 2.35. The summed E-state index contributed by atoms with van der Waals surface area (Å²) in [5.41, 5.74) is 0. The molecule has 0 radical (unpaired) electrons. The molecule has 0 aliphatic carbocycles. The Morgan fingerprint density at radius 2 is 2.24 bits per heavy atom. The van der Waals surface area contributed by atoms with Crippen LogP contribution in [0.2, 0.25) is 0 Å². The summed E-state index contributed by atoms with van der Waals surface area (Å²) in [5, 5.41) is 11.3. The number of nitrogens with one attached hydrogen (secondary N) is 1. The number of hydrogen-bond donors (Lipinski definition) is 1. The minimum absolute atomic E-state index is 0.114. The van der Waals surface area contributed by atoms with Crippen molar-refractivity contribution in [1.82, 2.24) is 15.5 Å². The van der Waals surface area contributed by atoms with Crippen molar-refractivity contribution in [3.8, 4) is 10.8 Å². The molecule has 1 N–H and O–H groups in total. The van der Waals surface area contributed by atoms with Gasteiger partial charge in [-0.1, -0.05) is 6.92 Å². The predicted molar refractivity (Wildman–Crippen MR) is 75.1 cm³/mol. The maximum Gasteiger partial charge on any atom is 0.257 e. The molecule has 0 bridgehead atoms. The monoisotopic (exact) mass is 379 g/mol. The van der Waals surface area contributed by atoms with Crippen molar-refractivity contribution in [1.29, 1.82) is 0 Å². The summed E-state index contributed by atoms with van der Waals surface area (Å²) in [6.07, 6.45) is 0.913. The average molecular weight is 381 g/mol. The van der Waals surface area contributed by atoms with E-state index in [1.165, 1.54) is 0 Å². The van der Waals surface area contributed by atoms with Crippen LogP contribution < -0.4 is 5.32 Å². The maximum atomic E-state index is 5.67. The van der Waals surface area contributed by atoms with E-state index < -0.39 is 0 Å². The number of aromatic nitrogens is 2. The highest BCUT2D eigenvalue weighted by molar-refractivity contribution is 9.13. The summed E-state index contributed by atoms with van der Waals surface area (Å²) < 4.78 is 7.69. The molecule has 0 saturated carbocycles. The van der Waals surface area contributed by atoms with Crippen molar-refractivity contribution < 1.29 is 4.42 Å². The topological polar surface area (TPSA) is 51.0 Å². The zero-order valence-corrected chi connectivity index (χ0v) is 13.3. The number of hydrogen-bond acceptors (Lipinski definition) is 5. The molecule has 0 fully saturated rings. The summed E-state index contributed by atoms with van der Waals surface area (Å²) in [5.74, 6) is 1.19. The highest BCUT2D eigenvalue weighted by Crippen LogP contribution is 2.37. The molecule has 0 saturated heterocycles. The van der Waals surface area contributed by atoms with Crippen LogP contribution in [0.25, 0.3) is 10.8 Å². The SMILES string of the molecule is CCC(NC)c1nnc(-c2cc(Br)c(Br)s2)o1. The standard InChI is InChI=1S/C10H11Br2N3OS/c1-3-6(13-2)9-14-15-10(16-9)7-4-5(11)8(12)17-7/h4,6,13H,3H2,1-2H3. The van der Waals surface area contributed by atoms with Gasteiger partial charge in [0.25, 0.3) is 5.89 Å². The third-order valence-corrected chi connectivity index (χ3v) is 5.60. The first-order chi connectivity index (χ1) is 8.15. The van der Waals surface area contributed by atoms with Crippen LogP contribution in [0.4, 0.5) is 0 Å². The zero-order chi connectivity index (χ0) is 12.4. The molecule has 1 atom stereocenters. The number of nitrogens with zero attached hydrogens (tertiary/aromatic N) is 2. The predicted octanol–water partition coefficient (Wildman–Crippen LogP) is 3.99. The molecule has 17 heavy (non-hydrogen) atoms. The summed E-state index contributed by atoms with van der Waals surface area (Å²) in [6.45, 7) is 2.07. The van der Waals surface area contributed by atoms with Gasteiger partial charge in [-0.3, -0.25) is 0 Å². The zero-order valence-electron chi connectivity index (χ0n) is 9.33. The van der Waals surface area contributed by atoms with Crippen LogP contribution in [0, 0.1) is 0 Å². The fourth-order valence-corrected chi connectivity index (χ4v) is 3.39. The van der Waals surface area contributed by atoms with E-state index in [2.05, 4.69) is 54.3 Å². The van der Waals surface area contributed by atoms with Crippen molar-refractivity contribution in [2.24, 2.45) is 0 Å². The fraction of sp³-hybridized carbons (Fsp3) is 0.400. The van der Waals surface area contributed by atoms with Crippen LogP contribution in [0.1, 0.15) is 25.3 Å². The van der Waals surface area contributed by atoms with E-state index in [9.17, 15) is 0 Å². The molecule has 0 aliphatic heterocycles. The molecule has 2 aromatic rings. The lowest BCUT2D eigenvalue weighted by Gasteiger charge is -2.06. The van der Waals surface area contributed by atoms with Gasteiger partial charge in [-0.15, -0.1) is 21.5 Å². The summed E-state index contributed by atoms with van der Waals surface area (Å²) >= 11 is 8.44. The number of thiophene rings is 1. The largest absolute Gasteiger partial charge is 0.418 e. The van der Waals surface area contributed by atoms with E-state index in [1.54, 1.807) is 11.3 Å². The van der Waals surface area contributed by atoms with E-state index in [4.69, 9.17) is 4.42 Å². The van der Waals surface area contributed by atoms with Gasteiger partial charge in [-0.2, -0.15) is 0 Å². The Kier molecular flexibility index (Phi) is 4.35. The summed E-state index contributed by atoms with van der Waals surface area (Å²) in [4.78, 5) is 0.952. The van der Waals surface area contributed by atoms with Crippen LogP contribution in [-0.2, 0) is 0 Å². The summed E-state index contributed by atoms with van der Waals surface area (Å²) in [6, 6.07) is 2.08. The molecular weight excluding hydrogens is 370 g/mol. The normalized spacial score (nSPS) is 12.9. The first-order valence-electron chi connectivity index (χ1n) is 5.11. The second-order valence-corrected chi connectivity index (χ2v) is 6.65. The van der Waals surface area contributed by atoms with Gasteiger partial charge < -0.3 is 9.73 Å². The molecule has 2 rings (SSSR count). The Balaban J connectivity index is 2.29. The Labute approximate surface area is 120 Å². The summed E-state index contributed by atoms with van der Waals surface area (Å²) in [7, 11) is 1.89. The van der Waals surface area contributed by atoms with Gasteiger partial charge in [-0.05, 0) is 51.4 Å². The van der Waals surface area contributed by atoms with Gasteiger partial charge in [0.2, 0.25) is 5.89 Å². The second-order valence-electron chi connectivity index (χ2n) is 3.43. The Morgan fingerprint density at radius 1 is 1.47 bits per heavy atom. The smallest absolute Gasteiger partial charge is 0.257 e. The van der Waals surface area contributed by atoms with E-state index in [-0.39, 0.29) is 6.04 Å². The van der Waals surface area contributed by atoms with Crippen molar-refractivity contribution >= 4 is 43.2 Å². The average Bonchev–Trinajstić information content (AvgIpc) is 2.89. The van der Waals surface area contributed by atoms with E-state index in [0.29, 0.717) is 11.8 Å². The number of halogens is 2. The van der Waals surface area contributed by atoms with Crippen molar-refractivity contribution in [2.45, 2.75) is 19.4 Å². The first kappa shape index (κ1) is 13.2. The van der Waals surface area contributed by atoms with Gasteiger partial charge in [0.1, 0.15) is 0 Å². The molecule has 7 heteroatoms. The van der Waals surface area contributed by atoms with E-state index in [1.807, 2.05) is 13.1 Å². The van der Waals surface area contributed by atoms with Crippen LogP contribution in [-0.4, -0.2) is 17.2 Å². The highest BCUT2D eigenvalue weighted by Gasteiger charge is 2.17. The van der Waals surface area contributed by atoms with Gasteiger partial charge in [0.05, 0.1) is 14.7 Å². The maximum absolute atomic E-state index is 5.67. The van der Waals surface area contributed by atoms with Crippen molar-refractivity contribution in [2.75, 3.05) is 7.05 Å². The molecule has 0 aliphatic rings. The molecule has 92 valence electrons. The molecular formula is C10H11Br2N3OS. The minimum atomic E-state index is 0.114. The van der Waals surface area contributed by atoms with Gasteiger partial charge >= 0.3 is 0 Å². The minimum Gasteiger partial charge on any atom is -0.418 e. The van der Waals surface area contributed by atoms with Crippen LogP contribution in [0.15, 0.2) is 18.7 Å². The van der Waals surface area contributed by atoms with Gasteiger partial charge in [0.15, 0.2) is 0 Å². The highest BCUT2D eigenvalue weighted by atomic mass is 79.9. The Hall–Kier alpha value is -0.240. The fourth-order valence-electron chi connectivity index (χ4n) is 1.43. The molecule has 0 amide bonds. The molecule has 0 aromatic carbocycles. The van der Waals surface area contributed by atoms with Gasteiger partial charge in [-0.25, -0.2) is 0 Å². The van der Waals surface area contributed by atoms with Crippen LogP contribution in [0.5, 0.6) is 0 Å². The first-order valence-corrected chi connectivity index (χ1v) is 7.51. The number of rotatable bonds is 4. The third kappa shape index (κ3) is 2.78.